The standard InChI is InChI=1S/C25H24F2N2O/c1-17-8-9-18(13-23(17)27)15-28-25(30)20-10-11-24-19(14-20)6-4-12-29(24)16-21-5-2-3-7-22(21)26/h2-3,5,7-11,13-14H,4,6,12,15-16H2,1H3,(H,28,30). The van der Waals surface area contributed by atoms with Crippen molar-refractivity contribution in [2.24, 2.45) is 0 Å². The van der Waals surface area contributed by atoms with Crippen molar-refractivity contribution in [1.29, 1.82) is 0 Å². The summed E-state index contributed by atoms with van der Waals surface area (Å²) in [5.41, 5.74) is 4.68. The van der Waals surface area contributed by atoms with Gasteiger partial charge in [0, 0.05) is 36.4 Å². The normalized spacial score (nSPS) is 13.1. The molecule has 1 N–H and O–H groups in total. The molecule has 3 aromatic carbocycles. The third-order valence-corrected chi connectivity index (χ3v) is 5.56. The number of aryl methyl sites for hydroxylation is 2. The molecule has 0 fully saturated rings. The minimum atomic E-state index is -0.273. The maximum atomic E-state index is 14.1. The molecule has 5 heteroatoms. The molecule has 0 saturated heterocycles. The lowest BCUT2D eigenvalue weighted by atomic mass is 9.98. The molecule has 1 aliphatic heterocycles. The molecule has 154 valence electrons. The molecule has 0 saturated carbocycles. The number of carbonyl (C=O) groups excluding carboxylic acids is 1. The van der Waals surface area contributed by atoms with E-state index >= 15 is 0 Å². The summed E-state index contributed by atoms with van der Waals surface area (Å²) in [5, 5.41) is 2.86. The van der Waals surface area contributed by atoms with Gasteiger partial charge in [-0.2, -0.15) is 0 Å². The van der Waals surface area contributed by atoms with Gasteiger partial charge in [-0.3, -0.25) is 4.79 Å². The summed E-state index contributed by atoms with van der Waals surface area (Å²) < 4.78 is 27.8. The molecular weight excluding hydrogens is 382 g/mol. The van der Waals surface area contributed by atoms with E-state index in [9.17, 15) is 13.6 Å². The third kappa shape index (κ3) is 4.35. The second-order valence-electron chi connectivity index (χ2n) is 7.73. The molecule has 0 bridgehead atoms. The SMILES string of the molecule is Cc1ccc(CNC(=O)c2ccc3c(c2)CCCN3Cc2ccccc2F)cc1F. The van der Waals surface area contributed by atoms with Crippen molar-refractivity contribution in [2.45, 2.75) is 32.9 Å². The molecule has 3 aromatic rings. The molecule has 1 heterocycles. The second-order valence-corrected chi connectivity index (χ2v) is 7.73. The molecule has 0 spiro atoms. The van der Waals surface area contributed by atoms with Gasteiger partial charge in [-0.25, -0.2) is 8.78 Å². The highest BCUT2D eigenvalue weighted by molar-refractivity contribution is 5.95. The number of hydrogen-bond donors (Lipinski definition) is 1. The van der Waals surface area contributed by atoms with Crippen LogP contribution in [0.15, 0.2) is 60.7 Å². The molecule has 30 heavy (non-hydrogen) atoms. The Labute approximate surface area is 175 Å². The first-order valence-corrected chi connectivity index (χ1v) is 10.2. The van der Waals surface area contributed by atoms with Crippen LogP contribution in [0.2, 0.25) is 0 Å². The summed E-state index contributed by atoms with van der Waals surface area (Å²) in [6.07, 6.45) is 1.84. The van der Waals surface area contributed by atoms with E-state index in [1.165, 1.54) is 12.1 Å². The maximum Gasteiger partial charge on any atom is 0.251 e. The summed E-state index contributed by atoms with van der Waals surface area (Å²) in [7, 11) is 0. The van der Waals surface area contributed by atoms with E-state index in [1.54, 1.807) is 31.2 Å². The summed E-state index contributed by atoms with van der Waals surface area (Å²) in [5.74, 6) is -0.663. The number of fused-ring (bicyclic) bond motifs is 1. The van der Waals surface area contributed by atoms with Crippen LogP contribution in [0.3, 0.4) is 0 Å². The third-order valence-electron chi connectivity index (χ3n) is 5.56. The van der Waals surface area contributed by atoms with Gasteiger partial charge in [0.05, 0.1) is 0 Å². The Morgan fingerprint density at radius 3 is 2.67 bits per heavy atom. The van der Waals surface area contributed by atoms with E-state index in [0.29, 0.717) is 23.2 Å². The van der Waals surface area contributed by atoms with Crippen molar-refractivity contribution in [3.63, 3.8) is 0 Å². The number of hydrogen-bond acceptors (Lipinski definition) is 2. The van der Waals surface area contributed by atoms with Crippen LogP contribution in [-0.2, 0) is 19.5 Å². The lowest BCUT2D eigenvalue weighted by Crippen LogP contribution is -2.30. The smallest absolute Gasteiger partial charge is 0.251 e. The van der Waals surface area contributed by atoms with Crippen molar-refractivity contribution in [1.82, 2.24) is 5.32 Å². The van der Waals surface area contributed by atoms with E-state index in [4.69, 9.17) is 0 Å². The van der Waals surface area contributed by atoms with Gasteiger partial charge < -0.3 is 10.2 Å². The second kappa shape index (κ2) is 8.66. The van der Waals surface area contributed by atoms with Gasteiger partial charge in [-0.1, -0.05) is 30.3 Å². The molecular formula is C25H24F2N2O. The van der Waals surface area contributed by atoms with Crippen LogP contribution in [-0.4, -0.2) is 12.5 Å². The van der Waals surface area contributed by atoms with Crippen LogP contribution in [0, 0.1) is 18.6 Å². The predicted molar refractivity (Wildman–Crippen MR) is 115 cm³/mol. The van der Waals surface area contributed by atoms with Gasteiger partial charge in [-0.15, -0.1) is 0 Å². The fourth-order valence-corrected chi connectivity index (χ4v) is 3.84. The van der Waals surface area contributed by atoms with Gasteiger partial charge in [-0.05, 0) is 66.8 Å². The number of anilines is 1. The Bertz CT molecular complexity index is 1080. The zero-order valence-corrected chi connectivity index (χ0v) is 16.9. The topological polar surface area (TPSA) is 32.3 Å². The number of carbonyl (C=O) groups is 1. The lowest BCUT2D eigenvalue weighted by Gasteiger charge is -2.31. The van der Waals surface area contributed by atoms with Crippen LogP contribution in [0.5, 0.6) is 0 Å². The average Bonchev–Trinajstić information content (AvgIpc) is 2.75. The summed E-state index contributed by atoms with van der Waals surface area (Å²) in [6, 6.07) is 17.4. The highest BCUT2D eigenvalue weighted by Gasteiger charge is 2.19. The largest absolute Gasteiger partial charge is 0.367 e. The molecule has 3 nitrogen and oxygen atoms in total. The van der Waals surface area contributed by atoms with Gasteiger partial charge >= 0.3 is 0 Å². The number of rotatable bonds is 5. The molecule has 0 aromatic heterocycles. The number of halogens is 2. The van der Waals surface area contributed by atoms with E-state index in [-0.39, 0.29) is 24.1 Å². The Hall–Kier alpha value is -3.21. The number of nitrogens with one attached hydrogen (secondary N) is 1. The van der Waals surface area contributed by atoms with Crippen molar-refractivity contribution < 1.29 is 13.6 Å². The molecule has 0 radical (unpaired) electrons. The monoisotopic (exact) mass is 406 g/mol. The Morgan fingerprint density at radius 1 is 1.03 bits per heavy atom. The number of benzene rings is 3. The van der Waals surface area contributed by atoms with Gasteiger partial charge in [0.1, 0.15) is 11.6 Å². The first-order valence-electron chi connectivity index (χ1n) is 10.2. The van der Waals surface area contributed by atoms with E-state index in [1.807, 2.05) is 24.3 Å². The van der Waals surface area contributed by atoms with E-state index in [0.717, 1.165) is 36.2 Å². The van der Waals surface area contributed by atoms with Crippen molar-refractivity contribution >= 4 is 11.6 Å². The Kier molecular flexibility index (Phi) is 5.79. The van der Waals surface area contributed by atoms with Crippen LogP contribution in [0.4, 0.5) is 14.5 Å². The highest BCUT2D eigenvalue weighted by atomic mass is 19.1. The first kappa shape index (κ1) is 20.1. The molecule has 0 aliphatic carbocycles. The van der Waals surface area contributed by atoms with Crippen LogP contribution >= 0.6 is 0 Å². The maximum absolute atomic E-state index is 14.1. The van der Waals surface area contributed by atoms with Crippen LogP contribution in [0.1, 0.15) is 39.0 Å². The Balaban J connectivity index is 1.47. The van der Waals surface area contributed by atoms with E-state index < -0.39 is 0 Å². The van der Waals surface area contributed by atoms with Crippen molar-refractivity contribution in [3.8, 4) is 0 Å². The summed E-state index contributed by atoms with van der Waals surface area (Å²) in [4.78, 5) is 14.8. The predicted octanol–water partition coefficient (Wildman–Crippen LogP) is 5.16. The minimum absolute atomic E-state index is 0.190. The molecule has 1 amide bonds. The zero-order chi connectivity index (χ0) is 21.1. The average molecular weight is 406 g/mol. The van der Waals surface area contributed by atoms with Gasteiger partial charge in [0.15, 0.2) is 0 Å². The van der Waals surface area contributed by atoms with Gasteiger partial charge in [0.25, 0.3) is 5.91 Å². The zero-order valence-electron chi connectivity index (χ0n) is 16.9. The van der Waals surface area contributed by atoms with E-state index in [2.05, 4.69) is 10.2 Å². The van der Waals surface area contributed by atoms with Crippen molar-refractivity contribution in [3.05, 3.63) is 100 Å². The first-order chi connectivity index (χ1) is 14.5. The number of amides is 1. The quantitative estimate of drug-likeness (QED) is 0.635. The minimum Gasteiger partial charge on any atom is -0.367 e. The van der Waals surface area contributed by atoms with Crippen LogP contribution < -0.4 is 10.2 Å². The number of nitrogens with zero attached hydrogens (tertiary/aromatic N) is 1. The molecule has 0 unspecified atom stereocenters. The van der Waals surface area contributed by atoms with Crippen LogP contribution in [0.25, 0.3) is 0 Å². The molecule has 0 atom stereocenters. The molecule has 4 rings (SSSR count). The summed E-state index contributed by atoms with van der Waals surface area (Å²) in [6.45, 7) is 3.34. The fourth-order valence-electron chi connectivity index (χ4n) is 3.84. The lowest BCUT2D eigenvalue weighted by molar-refractivity contribution is 0.0950. The Morgan fingerprint density at radius 2 is 1.87 bits per heavy atom. The fraction of sp³-hybridized carbons (Fsp3) is 0.240. The van der Waals surface area contributed by atoms with Gasteiger partial charge in [0.2, 0.25) is 0 Å². The molecule has 1 aliphatic rings. The van der Waals surface area contributed by atoms with Crippen molar-refractivity contribution in [2.75, 3.05) is 11.4 Å². The summed E-state index contributed by atoms with van der Waals surface area (Å²) >= 11 is 0. The highest BCUT2D eigenvalue weighted by Crippen LogP contribution is 2.30.